The van der Waals surface area contributed by atoms with Gasteiger partial charge in [-0.3, -0.25) is 9.69 Å². The molecular weight excluding hydrogens is 259 g/mol. The number of nitrogens with zero attached hydrogens (tertiary/aromatic N) is 2. The van der Waals surface area contributed by atoms with Gasteiger partial charge < -0.3 is 4.74 Å². The van der Waals surface area contributed by atoms with E-state index in [1.807, 2.05) is 24.3 Å². The van der Waals surface area contributed by atoms with Crippen LogP contribution in [0.25, 0.3) is 0 Å². The first-order valence-corrected chi connectivity index (χ1v) is 6.29. The van der Waals surface area contributed by atoms with Crippen LogP contribution in [-0.4, -0.2) is 24.0 Å². The Balaban J connectivity index is 1.80. The number of anilines is 1. The van der Waals surface area contributed by atoms with Gasteiger partial charge in [-0.2, -0.15) is 0 Å². The Morgan fingerprint density at radius 3 is 2.90 bits per heavy atom. The van der Waals surface area contributed by atoms with Crippen LogP contribution in [0.15, 0.2) is 42.6 Å². The van der Waals surface area contributed by atoms with Gasteiger partial charge in [0.25, 0.3) is 5.91 Å². The number of hydrogen-bond donors (Lipinski definition) is 0. The van der Waals surface area contributed by atoms with Gasteiger partial charge in [-0.15, -0.1) is 0 Å². The lowest BCUT2D eigenvalue weighted by Gasteiger charge is -2.20. The van der Waals surface area contributed by atoms with E-state index in [1.54, 1.807) is 0 Å². The quantitative estimate of drug-likeness (QED) is 0.841. The molecule has 1 aromatic heterocycles. The molecule has 0 saturated heterocycles. The van der Waals surface area contributed by atoms with E-state index in [-0.39, 0.29) is 11.7 Å². The van der Waals surface area contributed by atoms with Gasteiger partial charge in [0.05, 0.1) is 0 Å². The molecule has 1 aliphatic heterocycles. The second kappa shape index (κ2) is 4.92. The number of amides is 1. The summed E-state index contributed by atoms with van der Waals surface area (Å²) >= 11 is 0. The summed E-state index contributed by atoms with van der Waals surface area (Å²) in [6, 6.07) is 10.3. The molecule has 1 atom stereocenters. The predicted molar refractivity (Wildman–Crippen MR) is 72.2 cm³/mol. The molecule has 0 radical (unpaired) electrons. The van der Waals surface area contributed by atoms with Crippen LogP contribution in [0.2, 0.25) is 0 Å². The number of ether oxygens (including phenoxy) is 1. The Hall–Kier alpha value is -2.43. The van der Waals surface area contributed by atoms with Crippen LogP contribution >= 0.6 is 0 Å². The molecule has 1 amide bonds. The van der Waals surface area contributed by atoms with Crippen molar-refractivity contribution in [1.82, 2.24) is 4.98 Å². The molecule has 1 aromatic carbocycles. The van der Waals surface area contributed by atoms with Crippen LogP contribution in [0.1, 0.15) is 5.56 Å². The van der Waals surface area contributed by atoms with E-state index >= 15 is 0 Å². The largest absolute Gasteiger partial charge is 0.480 e. The van der Waals surface area contributed by atoms with E-state index in [2.05, 4.69) is 4.98 Å². The molecule has 2 heterocycles. The Labute approximate surface area is 115 Å². The average Bonchev–Trinajstić information content (AvgIpc) is 2.90. The Kier molecular flexibility index (Phi) is 3.10. The lowest BCUT2D eigenvalue weighted by molar-refractivity contribution is -0.124. The lowest BCUT2D eigenvalue weighted by atomic mass is 10.1. The van der Waals surface area contributed by atoms with Crippen molar-refractivity contribution < 1.29 is 13.9 Å². The van der Waals surface area contributed by atoms with Crippen molar-refractivity contribution in [3.8, 4) is 5.75 Å². The van der Waals surface area contributed by atoms with Crippen molar-refractivity contribution in [1.29, 1.82) is 0 Å². The summed E-state index contributed by atoms with van der Waals surface area (Å²) in [4.78, 5) is 17.5. The van der Waals surface area contributed by atoms with Crippen LogP contribution in [0.4, 0.5) is 10.2 Å². The fourth-order valence-corrected chi connectivity index (χ4v) is 2.26. The molecule has 5 heteroatoms. The smallest absolute Gasteiger partial charge is 0.269 e. The number of fused-ring (bicyclic) bond motifs is 1. The number of para-hydroxylation sites is 1. The fourth-order valence-electron chi connectivity index (χ4n) is 2.26. The van der Waals surface area contributed by atoms with Gasteiger partial charge in [-0.25, -0.2) is 9.37 Å². The molecule has 0 spiro atoms. The number of rotatable bonds is 2. The molecule has 2 aromatic rings. The van der Waals surface area contributed by atoms with E-state index < -0.39 is 11.9 Å². The molecule has 0 bridgehead atoms. The third kappa shape index (κ3) is 2.11. The first-order chi connectivity index (χ1) is 9.66. The first-order valence-electron chi connectivity index (χ1n) is 6.29. The van der Waals surface area contributed by atoms with Crippen LogP contribution in [0.5, 0.6) is 5.75 Å². The summed E-state index contributed by atoms with van der Waals surface area (Å²) < 4.78 is 19.3. The zero-order chi connectivity index (χ0) is 14.1. The molecule has 3 rings (SSSR count). The summed E-state index contributed by atoms with van der Waals surface area (Å²) in [6.45, 7) is 0. The third-order valence-corrected chi connectivity index (χ3v) is 3.31. The van der Waals surface area contributed by atoms with Crippen LogP contribution in [0, 0.1) is 5.82 Å². The summed E-state index contributed by atoms with van der Waals surface area (Å²) in [7, 11) is 1.50. The molecular formula is C15H13FN2O2. The van der Waals surface area contributed by atoms with Crippen molar-refractivity contribution in [2.45, 2.75) is 12.5 Å². The first kappa shape index (κ1) is 12.6. The van der Waals surface area contributed by atoms with Gasteiger partial charge in [0, 0.05) is 19.7 Å². The Bertz CT molecular complexity index is 635. The van der Waals surface area contributed by atoms with Gasteiger partial charge in [0.2, 0.25) is 0 Å². The van der Waals surface area contributed by atoms with E-state index in [0.29, 0.717) is 12.2 Å². The molecule has 102 valence electrons. The number of likely N-dealkylation sites (N-methyl/N-ethyl adjacent to an activating group) is 1. The highest BCUT2D eigenvalue weighted by atomic mass is 19.1. The van der Waals surface area contributed by atoms with Gasteiger partial charge >= 0.3 is 0 Å². The topological polar surface area (TPSA) is 42.4 Å². The van der Waals surface area contributed by atoms with Crippen LogP contribution in [0.3, 0.4) is 0 Å². The van der Waals surface area contributed by atoms with Crippen molar-refractivity contribution in [2.24, 2.45) is 0 Å². The van der Waals surface area contributed by atoms with Crippen molar-refractivity contribution >= 4 is 11.7 Å². The van der Waals surface area contributed by atoms with E-state index in [4.69, 9.17) is 4.74 Å². The monoisotopic (exact) mass is 272 g/mol. The molecule has 1 unspecified atom stereocenters. The SMILES string of the molecule is CN(C(=O)C1Cc2ccccc2O1)c1ncccc1F. The standard InChI is InChI=1S/C15H13FN2O2/c1-18(14-11(16)6-4-8-17-14)15(19)13-9-10-5-2-3-7-12(10)20-13/h2-8,13H,9H2,1H3. The van der Waals surface area contributed by atoms with Crippen LogP contribution < -0.4 is 9.64 Å². The molecule has 0 fully saturated rings. The number of carbonyl (C=O) groups excluding carboxylic acids is 1. The molecule has 0 aliphatic carbocycles. The number of hydrogen-bond acceptors (Lipinski definition) is 3. The van der Waals surface area contributed by atoms with E-state index in [1.165, 1.54) is 30.3 Å². The molecule has 1 aliphatic rings. The second-order valence-electron chi connectivity index (χ2n) is 4.62. The minimum atomic E-state index is -0.626. The van der Waals surface area contributed by atoms with Crippen molar-refractivity contribution in [2.75, 3.05) is 11.9 Å². The maximum Gasteiger partial charge on any atom is 0.269 e. The van der Waals surface area contributed by atoms with Gasteiger partial charge in [-0.05, 0) is 23.8 Å². The molecule has 0 N–H and O–H groups in total. The third-order valence-electron chi connectivity index (χ3n) is 3.31. The molecule has 20 heavy (non-hydrogen) atoms. The Morgan fingerprint density at radius 1 is 1.35 bits per heavy atom. The normalized spacial score (nSPS) is 16.4. The predicted octanol–water partition coefficient (Wildman–Crippen LogP) is 2.19. The maximum atomic E-state index is 13.7. The number of benzene rings is 1. The number of carbonyl (C=O) groups is 1. The summed E-state index contributed by atoms with van der Waals surface area (Å²) in [5, 5.41) is 0. The summed E-state index contributed by atoms with van der Waals surface area (Å²) in [5.74, 6) is -0.115. The number of pyridine rings is 1. The number of halogens is 1. The molecule has 0 saturated carbocycles. The lowest BCUT2D eigenvalue weighted by Crippen LogP contribution is -2.39. The second-order valence-corrected chi connectivity index (χ2v) is 4.62. The minimum absolute atomic E-state index is 0.0112. The molecule has 4 nitrogen and oxygen atoms in total. The highest BCUT2D eigenvalue weighted by Gasteiger charge is 2.32. The van der Waals surface area contributed by atoms with E-state index in [9.17, 15) is 9.18 Å². The van der Waals surface area contributed by atoms with E-state index in [0.717, 1.165) is 5.56 Å². The van der Waals surface area contributed by atoms with Crippen LogP contribution in [-0.2, 0) is 11.2 Å². The number of aromatic nitrogens is 1. The summed E-state index contributed by atoms with van der Waals surface area (Å²) in [5.41, 5.74) is 0.987. The average molecular weight is 272 g/mol. The van der Waals surface area contributed by atoms with Gasteiger partial charge in [-0.1, -0.05) is 18.2 Å². The zero-order valence-corrected chi connectivity index (χ0v) is 10.9. The highest BCUT2D eigenvalue weighted by molar-refractivity contribution is 5.96. The highest BCUT2D eigenvalue weighted by Crippen LogP contribution is 2.29. The zero-order valence-electron chi connectivity index (χ0n) is 10.9. The minimum Gasteiger partial charge on any atom is -0.480 e. The maximum absolute atomic E-state index is 13.7. The van der Waals surface area contributed by atoms with Gasteiger partial charge in [0.15, 0.2) is 17.7 Å². The fraction of sp³-hybridized carbons (Fsp3) is 0.200. The van der Waals surface area contributed by atoms with Gasteiger partial charge in [0.1, 0.15) is 5.75 Å². The Morgan fingerprint density at radius 2 is 2.15 bits per heavy atom. The van der Waals surface area contributed by atoms with Crippen molar-refractivity contribution in [3.05, 3.63) is 54.0 Å². The van der Waals surface area contributed by atoms with Crippen molar-refractivity contribution in [3.63, 3.8) is 0 Å². The summed E-state index contributed by atoms with van der Waals surface area (Å²) in [6.07, 6.45) is 1.32.